The molecule has 9 heteroatoms. The third-order valence-electron chi connectivity index (χ3n) is 6.57. The highest BCUT2D eigenvalue weighted by Crippen LogP contribution is 2.37. The number of nitrogens with one attached hydrogen (secondary N) is 1. The fourth-order valence-electron chi connectivity index (χ4n) is 4.43. The van der Waals surface area contributed by atoms with Crippen molar-refractivity contribution in [3.63, 3.8) is 0 Å². The van der Waals surface area contributed by atoms with E-state index in [1.165, 1.54) is 0 Å². The van der Waals surface area contributed by atoms with E-state index < -0.39 is 12.3 Å². The average molecular weight is 450 g/mol. The van der Waals surface area contributed by atoms with Crippen molar-refractivity contribution >= 4 is 22.4 Å². The van der Waals surface area contributed by atoms with Crippen molar-refractivity contribution in [2.75, 3.05) is 13.6 Å². The number of ether oxygens (including phenoxy) is 1. The molecule has 33 heavy (non-hydrogen) atoms. The maximum absolute atomic E-state index is 12.0. The number of carbonyl (C=O) groups is 1. The van der Waals surface area contributed by atoms with Gasteiger partial charge in [-0.05, 0) is 38.5 Å². The third-order valence-corrected chi connectivity index (χ3v) is 6.57. The number of β-amino-alcohol motifs (C(OH)–C–C–N with tert-alkyl or cyclic N) is 1. The Morgan fingerprint density at radius 2 is 2.09 bits per heavy atom. The van der Waals surface area contributed by atoms with Crippen molar-refractivity contribution < 1.29 is 24.2 Å². The highest BCUT2D eigenvalue weighted by Gasteiger charge is 2.39. The van der Waals surface area contributed by atoms with Gasteiger partial charge in [0.05, 0.1) is 12.3 Å². The molecule has 3 N–H and O–H groups in total. The van der Waals surface area contributed by atoms with E-state index in [0.29, 0.717) is 29.2 Å². The van der Waals surface area contributed by atoms with Gasteiger partial charge in [0.2, 0.25) is 0 Å². The summed E-state index contributed by atoms with van der Waals surface area (Å²) in [7, 11) is 1.56. The number of aryl methyl sites for hydroxylation is 2. The Kier molecular flexibility index (Phi) is 5.12. The van der Waals surface area contributed by atoms with Crippen LogP contribution in [0, 0.1) is 13.8 Å². The van der Waals surface area contributed by atoms with E-state index in [0.717, 1.165) is 22.0 Å². The number of hydrogen-bond acceptors (Lipinski definition) is 7. The number of furan rings is 1. The predicted molar refractivity (Wildman–Crippen MR) is 121 cm³/mol. The molecule has 0 spiro atoms. The second-order valence-corrected chi connectivity index (χ2v) is 8.47. The van der Waals surface area contributed by atoms with Crippen LogP contribution in [0.4, 0.5) is 0 Å². The first-order valence-electron chi connectivity index (χ1n) is 10.8. The molecule has 3 aromatic heterocycles. The number of nitrogens with zero attached hydrogens (tertiary/aromatic N) is 3. The number of aliphatic hydroxyl groups excluding tert-OH is 2. The zero-order valence-electron chi connectivity index (χ0n) is 18.9. The normalized spacial score (nSPS) is 19.6. The molecular formula is C24H26N4O5. The second kappa shape index (κ2) is 7.87. The summed E-state index contributed by atoms with van der Waals surface area (Å²) in [5.74, 6) is 1.13. The number of hydrogen-bond donors (Lipinski definition) is 3. The first-order chi connectivity index (χ1) is 15.8. The molecule has 4 heterocycles. The molecule has 9 nitrogen and oxygen atoms in total. The average Bonchev–Trinajstić information content (AvgIpc) is 3.33. The molecule has 1 aliphatic rings. The summed E-state index contributed by atoms with van der Waals surface area (Å²) in [6, 6.07) is 7.09. The van der Waals surface area contributed by atoms with Gasteiger partial charge in [-0.2, -0.15) is 5.10 Å². The van der Waals surface area contributed by atoms with Gasteiger partial charge >= 0.3 is 0 Å². The van der Waals surface area contributed by atoms with E-state index in [9.17, 15) is 15.0 Å². The van der Waals surface area contributed by atoms with Gasteiger partial charge in [0.25, 0.3) is 5.91 Å². The summed E-state index contributed by atoms with van der Waals surface area (Å²) in [5.41, 5.74) is 3.62. The number of amides is 1. The maximum atomic E-state index is 12.0. The number of fused-ring (bicyclic) bond motifs is 2. The highest BCUT2D eigenvalue weighted by atomic mass is 16.5. The lowest BCUT2D eigenvalue weighted by Gasteiger charge is -2.46. The zero-order valence-corrected chi connectivity index (χ0v) is 18.9. The van der Waals surface area contributed by atoms with Crippen molar-refractivity contribution in [2.24, 2.45) is 0 Å². The molecule has 1 fully saturated rings. The molecule has 172 valence electrons. The summed E-state index contributed by atoms with van der Waals surface area (Å²) in [6.07, 6.45) is 2.14. The van der Waals surface area contributed by atoms with E-state index in [-0.39, 0.29) is 17.7 Å². The molecule has 0 aliphatic carbocycles. The largest absolute Gasteiger partial charge is 0.455 e. The Morgan fingerprint density at radius 1 is 1.30 bits per heavy atom. The first kappa shape index (κ1) is 21.4. The van der Waals surface area contributed by atoms with Crippen LogP contribution in [0.15, 0.2) is 41.1 Å². The van der Waals surface area contributed by atoms with Crippen LogP contribution in [0.1, 0.15) is 40.4 Å². The Bertz CT molecular complexity index is 1370. The van der Waals surface area contributed by atoms with Crippen LogP contribution in [-0.4, -0.2) is 56.4 Å². The van der Waals surface area contributed by atoms with E-state index in [2.05, 4.69) is 10.4 Å². The molecule has 1 aliphatic heterocycles. The number of rotatable bonds is 5. The fourth-order valence-corrected chi connectivity index (χ4v) is 4.43. The fraction of sp³-hybridized carbons (Fsp3) is 0.333. The highest BCUT2D eigenvalue weighted by molar-refractivity contribution is 5.99. The molecule has 4 aromatic rings. The molecular weight excluding hydrogens is 424 g/mol. The van der Waals surface area contributed by atoms with Crippen LogP contribution in [-0.2, 0) is 0 Å². The number of aliphatic hydroxyl groups is 2. The molecule has 5 rings (SSSR count). The summed E-state index contributed by atoms with van der Waals surface area (Å²) in [6.45, 7) is 6.07. The number of likely N-dealkylation sites (tertiary alicyclic amines) is 1. The molecule has 0 bridgehead atoms. The van der Waals surface area contributed by atoms with Crippen molar-refractivity contribution in [2.45, 2.75) is 39.1 Å². The minimum Gasteiger partial charge on any atom is -0.455 e. The van der Waals surface area contributed by atoms with Crippen LogP contribution < -0.4 is 10.1 Å². The van der Waals surface area contributed by atoms with Crippen LogP contribution in [0.3, 0.4) is 0 Å². The molecule has 1 amide bonds. The van der Waals surface area contributed by atoms with Crippen molar-refractivity contribution in [3.8, 4) is 11.5 Å². The Labute approximate surface area is 190 Å². The topological polar surface area (TPSA) is 112 Å². The Morgan fingerprint density at radius 3 is 2.79 bits per heavy atom. The lowest BCUT2D eigenvalue weighted by atomic mass is 9.98. The SMILES string of the molecule is CNC(=O)c1oc2cc(Oc3ccnn4cc(C(O)N5C[C@H](O)[C@@H]5C)c(C)c34)ccc2c1C. The lowest BCUT2D eigenvalue weighted by molar-refractivity contribution is -0.141. The Balaban J connectivity index is 1.50. The van der Waals surface area contributed by atoms with Crippen molar-refractivity contribution in [1.82, 2.24) is 19.8 Å². The van der Waals surface area contributed by atoms with Gasteiger partial charge in [-0.1, -0.05) is 0 Å². The molecule has 0 radical (unpaired) electrons. The third kappa shape index (κ3) is 3.36. The lowest BCUT2D eigenvalue weighted by Crippen LogP contribution is -2.59. The van der Waals surface area contributed by atoms with E-state index >= 15 is 0 Å². The zero-order chi connectivity index (χ0) is 23.4. The van der Waals surface area contributed by atoms with Crippen LogP contribution >= 0.6 is 0 Å². The molecule has 1 aromatic carbocycles. The maximum Gasteiger partial charge on any atom is 0.287 e. The molecule has 3 atom stereocenters. The quantitative estimate of drug-likeness (QED) is 0.429. The number of carbonyl (C=O) groups excluding carboxylic acids is 1. The molecule has 1 saturated heterocycles. The van der Waals surface area contributed by atoms with Crippen LogP contribution in [0.25, 0.3) is 16.5 Å². The predicted octanol–water partition coefficient (Wildman–Crippen LogP) is 2.91. The van der Waals surface area contributed by atoms with Crippen molar-refractivity contribution in [1.29, 1.82) is 0 Å². The van der Waals surface area contributed by atoms with Crippen LogP contribution in [0.2, 0.25) is 0 Å². The van der Waals surface area contributed by atoms with Gasteiger partial charge in [-0.25, -0.2) is 4.52 Å². The van der Waals surface area contributed by atoms with E-state index in [1.54, 1.807) is 36.1 Å². The van der Waals surface area contributed by atoms with Gasteiger partial charge in [0.1, 0.15) is 23.1 Å². The summed E-state index contributed by atoms with van der Waals surface area (Å²) >= 11 is 0. The van der Waals surface area contributed by atoms with Gasteiger partial charge in [0.15, 0.2) is 11.5 Å². The van der Waals surface area contributed by atoms with Gasteiger partial charge < -0.3 is 24.7 Å². The minimum atomic E-state index is -0.844. The van der Waals surface area contributed by atoms with E-state index in [1.807, 2.05) is 37.8 Å². The van der Waals surface area contributed by atoms with Gasteiger partial charge in [-0.3, -0.25) is 9.69 Å². The number of benzene rings is 1. The standard InChI is InChI=1S/C24H26N4O5/c1-12-17(24(31)27-11-18(29)14(27)3)10-28-21(12)19(7-8-26-28)32-15-5-6-16-13(2)22(23(30)25-4)33-20(16)9-15/h5-10,14,18,24,29,31H,11H2,1-4H3,(H,25,30)/t14-,18-,24?/m0/s1. The van der Waals surface area contributed by atoms with Crippen LogP contribution in [0.5, 0.6) is 11.5 Å². The van der Waals surface area contributed by atoms with E-state index in [4.69, 9.17) is 9.15 Å². The monoisotopic (exact) mass is 450 g/mol. The first-order valence-corrected chi connectivity index (χ1v) is 10.8. The number of aromatic nitrogens is 2. The summed E-state index contributed by atoms with van der Waals surface area (Å²) < 4.78 is 13.6. The minimum absolute atomic E-state index is 0.116. The molecule has 1 unspecified atom stereocenters. The van der Waals surface area contributed by atoms with Gasteiger partial charge in [0, 0.05) is 54.5 Å². The Hall–Kier alpha value is -3.40. The summed E-state index contributed by atoms with van der Waals surface area (Å²) in [4.78, 5) is 13.9. The smallest absolute Gasteiger partial charge is 0.287 e. The van der Waals surface area contributed by atoms with Gasteiger partial charge in [-0.15, -0.1) is 0 Å². The molecule has 0 saturated carbocycles. The van der Waals surface area contributed by atoms with Crippen molar-refractivity contribution in [3.05, 3.63) is 59.1 Å². The second-order valence-electron chi connectivity index (χ2n) is 8.47. The summed E-state index contributed by atoms with van der Waals surface area (Å²) in [5, 5.41) is 28.5.